The van der Waals surface area contributed by atoms with E-state index in [1.165, 1.54) is 11.3 Å². The molecule has 1 saturated heterocycles. The van der Waals surface area contributed by atoms with Crippen LogP contribution in [0.15, 0.2) is 36.5 Å². The van der Waals surface area contributed by atoms with Gasteiger partial charge in [0.05, 0.1) is 0 Å². The summed E-state index contributed by atoms with van der Waals surface area (Å²) >= 11 is 0. The molecule has 4 atom stereocenters. The number of rotatable bonds is 4. The van der Waals surface area contributed by atoms with E-state index in [4.69, 9.17) is 4.74 Å². The topological polar surface area (TPSA) is 95.0 Å². The van der Waals surface area contributed by atoms with E-state index in [-0.39, 0.29) is 17.9 Å². The number of aliphatic hydroxyl groups excluding tert-OH is 1. The number of fused-ring (bicyclic) bond motifs is 2. The fourth-order valence-corrected chi connectivity index (χ4v) is 6.03. The number of aromatic nitrogens is 1. The summed E-state index contributed by atoms with van der Waals surface area (Å²) in [4.78, 5) is 34.0. The first-order valence-corrected chi connectivity index (χ1v) is 12.3. The van der Waals surface area contributed by atoms with Crippen molar-refractivity contribution in [1.29, 1.82) is 0 Å². The van der Waals surface area contributed by atoms with Gasteiger partial charge in [0.15, 0.2) is 0 Å². The fraction of sp³-hybridized carbons (Fsp3) is 0.500. The van der Waals surface area contributed by atoms with Crippen molar-refractivity contribution in [1.82, 2.24) is 20.1 Å². The van der Waals surface area contributed by atoms with Crippen LogP contribution in [0, 0.1) is 0 Å². The molecule has 4 aliphatic rings. The van der Waals surface area contributed by atoms with Crippen LogP contribution in [-0.2, 0) is 24.3 Å². The lowest BCUT2D eigenvalue weighted by Gasteiger charge is -2.36. The highest BCUT2D eigenvalue weighted by Gasteiger charge is 2.40. The van der Waals surface area contributed by atoms with Crippen LogP contribution in [0.5, 0.6) is 5.75 Å². The highest BCUT2D eigenvalue weighted by Crippen LogP contribution is 2.34. The van der Waals surface area contributed by atoms with Gasteiger partial charge in [-0.3, -0.25) is 19.5 Å². The van der Waals surface area contributed by atoms with E-state index in [2.05, 4.69) is 21.3 Å². The molecule has 8 heteroatoms. The molecule has 2 amide bonds. The number of pyridine rings is 1. The maximum Gasteiger partial charge on any atom is 0.255 e. The monoisotopic (exact) mass is 462 g/mol. The molecule has 3 aliphatic heterocycles. The SMILES string of the molecule is O=C1NC(O)CCC1N1Cc2cc(O[C@@H]3CCC[C@@H]3N3CCc4ncccc4C3)ccc2C1=O. The predicted molar refractivity (Wildman–Crippen MR) is 124 cm³/mol. The van der Waals surface area contributed by atoms with Crippen molar-refractivity contribution in [2.45, 2.75) is 76.0 Å². The summed E-state index contributed by atoms with van der Waals surface area (Å²) in [6.07, 6.45) is 6.35. The number of amides is 2. The van der Waals surface area contributed by atoms with Crippen LogP contribution in [0.3, 0.4) is 0 Å². The van der Waals surface area contributed by atoms with Gasteiger partial charge in [-0.15, -0.1) is 0 Å². The Bertz CT molecular complexity index is 1120. The second-order valence-electron chi connectivity index (χ2n) is 9.85. The molecule has 1 aromatic heterocycles. The minimum Gasteiger partial charge on any atom is -0.489 e. The lowest BCUT2D eigenvalue weighted by molar-refractivity contribution is -0.132. The molecule has 2 N–H and O–H groups in total. The van der Waals surface area contributed by atoms with Gasteiger partial charge in [-0.05, 0) is 67.5 Å². The van der Waals surface area contributed by atoms with Gasteiger partial charge < -0.3 is 20.1 Å². The Kier molecular flexibility index (Phi) is 5.50. The number of piperidine rings is 1. The Hall–Kier alpha value is -2.97. The molecule has 0 radical (unpaired) electrons. The highest BCUT2D eigenvalue weighted by atomic mass is 16.5. The average Bonchev–Trinajstić information content (AvgIpc) is 3.43. The summed E-state index contributed by atoms with van der Waals surface area (Å²) in [7, 11) is 0. The molecular formula is C26H30N4O4. The largest absolute Gasteiger partial charge is 0.489 e. The van der Waals surface area contributed by atoms with Crippen molar-refractivity contribution in [2.24, 2.45) is 0 Å². The van der Waals surface area contributed by atoms with E-state index < -0.39 is 12.3 Å². The molecular weight excluding hydrogens is 432 g/mol. The van der Waals surface area contributed by atoms with Crippen molar-refractivity contribution in [3.63, 3.8) is 0 Å². The minimum absolute atomic E-state index is 0.120. The molecule has 0 bridgehead atoms. The first-order chi connectivity index (χ1) is 16.6. The van der Waals surface area contributed by atoms with Gasteiger partial charge in [0.25, 0.3) is 5.91 Å². The van der Waals surface area contributed by atoms with Gasteiger partial charge in [-0.2, -0.15) is 0 Å². The molecule has 1 aliphatic carbocycles. The van der Waals surface area contributed by atoms with Crippen LogP contribution < -0.4 is 10.1 Å². The summed E-state index contributed by atoms with van der Waals surface area (Å²) in [5.74, 6) is 0.369. The fourth-order valence-electron chi connectivity index (χ4n) is 6.03. The summed E-state index contributed by atoms with van der Waals surface area (Å²) in [6.45, 7) is 2.31. The minimum atomic E-state index is -0.826. The number of nitrogens with zero attached hydrogens (tertiary/aromatic N) is 3. The van der Waals surface area contributed by atoms with Crippen molar-refractivity contribution in [3.05, 3.63) is 58.9 Å². The molecule has 2 unspecified atom stereocenters. The zero-order valence-corrected chi connectivity index (χ0v) is 19.2. The number of carbonyl (C=O) groups is 2. The van der Waals surface area contributed by atoms with E-state index in [1.807, 2.05) is 30.5 Å². The van der Waals surface area contributed by atoms with E-state index in [9.17, 15) is 14.7 Å². The lowest BCUT2D eigenvalue weighted by atomic mass is 10.0. The summed E-state index contributed by atoms with van der Waals surface area (Å²) in [6, 6.07) is 9.70. The Labute approximate surface area is 198 Å². The van der Waals surface area contributed by atoms with E-state index >= 15 is 0 Å². The van der Waals surface area contributed by atoms with Crippen LogP contribution in [-0.4, -0.2) is 62.7 Å². The zero-order chi connectivity index (χ0) is 23.2. The smallest absolute Gasteiger partial charge is 0.255 e. The van der Waals surface area contributed by atoms with Crippen molar-refractivity contribution in [2.75, 3.05) is 6.54 Å². The number of carbonyl (C=O) groups excluding carboxylic acids is 2. The van der Waals surface area contributed by atoms with Crippen LogP contribution in [0.1, 0.15) is 59.3 Å². The Balaban J connectivity index is 1.15. The van der Waals surface area contributed by atoms with Crippen molar-refractivity contribution < 1.29 is 19.4 Å². The standard InChI is InChI=1S/C26H30N4O4/c31-24-9-8-22(25(32)28-24)30-15-17-13-18(6-7-19(17)26(30)33)34-23-5-1-4-21(23)29-12-10-20-16(14-29)3-2-11-27-20/h2-3,6-7,11,13,21-24,31H,1,4-5,8-10,12,14-15H2,(H,28,32)/t21-,22?,23+,24?/m0/s1. The van der Waals surface area contributed by atoms with Crippen molar-refractivity contribution >= 4 is 11.8 Å². The number of hydrogen-bond acceptors (Lipinski definition) is 6. The molecule has 2 fully saturated rings. The van der Waals surface area contributed by atoms with Gasteiger partial charge in [0, 0.05) is 49.6 Å². The Morgan fingerprint density at radius 2 is 1.97 bits per heavy atom. The second kappa shape index (κ2) is 8.67. The molecule has 34 heavy (non-hydrogen) atoms. The molecule has 0 spiro atoms. The Morgan fingerprint density at radius 1 is 1.06 bits per heavy atom. The number of ether oxygens (including phenoxy) is 1. The van der Waals surface area contributed by atoms with Gasteiger partial charge in [0.2, 0.25) is 5.91 Å². The summed E-state index contributed by atoms with van der Waals surface area (Å²) in [5, 5.41) is 12.2. The van der Waals surface area contributed by atoms with E-state index in [1.54, 1.807) is 4.90 Å². The Morgan fingerprint density at radius 3 is 2.85 bits per heavy atom. The van der Waals surface area contributed by atoms with E-state index in [0.717, 1.165) is 50.1 Å². The van der Waals surface area contributed by atoms with Crippen LogP contribution in [0.2, 0.25) is 0 Å². The van der Waals surface area contributed by atoms with Gasteiger partial charge >= 0.3 is 0 Å². The third kappa shape index (κ3) is 3.84. The highest BCUT2D eigenvalue weighted by molar-refractivity contribution is 6.01. The van der Waals surface area contributed by atoms with Gasteiger partial charge in [-0.1, -0.05) is 6.07 Å². The third-order valence-corrected chi connectivity index (χ3v) is 7.78. The molecule has 178 valence electrons. The maximum atomic E-state index is 13.0. The van der Waals surface area contributed by atoms with Gasteiger partial charge in [-0.25, -0.2) is 0 Å². The molecule has 6 rings (SSSR count). The second-order valence-corrected chi connectivity index (χ2v) is 9.85. The zero-order valence-electron chi connectivity index (χ0n) is 19.2. The van der Waals surface area contributed by atoms with Crippen LogP contribution in [0.25, 0.3) is 0 Å². The first-order valence-electron chi connectivity index (χ1n) is 12.3. The molecule has 2 aromatic rings. The number of hydrogen-bond donors (Lipinski definition) is 2. The maximum absolute atomic E-state index is 13.0. The summed E-state index contributed by atoms with van der Waals surface area (Å²) in [5.41, 5.74) is 4.06. The van der Waals surface area contributed by atoms with Crippen LogP contribution in [0.4, 0.5) is 0 Å². The quantitative estimate of drug-likeness (QED) is 0.722. The first kappa shape index (κ1) is 21.6. The predicted octanol–water partition coefficient (Wildman–Crippen LogP) is 1.99. The van der Waals surface area contributed by atoms with Crippen molar-refractivity contribution in [3.8, 4) is 5.75 Å². The lowest BCUT2D eigenvalue weighted by Crippen LogP contribution is -2.54. The number of benzene rings is 1. The van der Waals surface area contributed by atoms with E-state index in [0.29, 0.717) is 31.0 Å². The van der Waals surface area contributed by atoms with Crippen LogP contribution >= 0.6 is 0 Å². The third-order valence-electron chi connectivity index (χ3n) is 7.78. The summed E-state index contributed by atoms with van der Waals surface area (Å²) < 4.78 is 6.51. The van der Waals surface area contributed by atoms with Gasteiger partial charge in [0.1, 0.15) is 24.1 Å². The molecule has 1 saturated carbocycles. The number of nitrogens with one attached hydrogen (secondary N) is 1. The normalized spacial score (nSPS) is 29.0. The average molecular weight is 463 g/mol. The molecule has 1 aromatic carbocycles. The molecule has 4 heterocycles. The number of aliphatic hydroxyl groups is 1. The molecule has 8 nitrogen and oxygen atoms in total.